The number of hydrogen-bond acceptors (Lipinski definition) is 4. The molecule has 0 unspecified atom stereocenters. The van der Waals surface area contributed by atoms with Crippen LogP contribution in [0, 0.1) is 0 Å². The van der Waals surface area contributed by atoms with Crippen molar-refractivity contribution < 1.29 is 18.3 Å². The van der Waals surface area contributed by atoms with Crippen LogP contribution in [0.15, 0.2) is 60.9 Å². The quantitative estimate of drug-likeness (QED) is 0.669. The lowest BCUT2D eigenvalue weighted by Gasteiger charge is -2.12. The second kappa shape index (κ2) is 7.04. The standard InChI is InChI=1S/C18H14F2N2O2/c1-23-16-7-3-2-5-13(16)14-6-4-10-21-18(14)24-12-8-9-15(17(19)20)22-11-12/h2-11,17H,1H3. The molecule has 6 heteroatoms. The Labute approximate surface area is 137 Å². The van der Waals surface area contributed by atoms with Crippen LogP contribution >= 0.6 is 0 Å². The van der Waals surface area contributed by atoms with Crippen molar-refractivity contribution in [2.75, 3.05) is 7.11 Å². The maximum absolute atomic E-state index is 12.6. The van der Waals surface area contributed by atoms with Crippen molar-refractivity contribution in [2.45, 2.75) is 6.43 Å². The second-order valence-electron chi connectivity index (χ2n) is 4.88. The van der Waals surface area contributed by atoms with E-state index < -0.39 is 6.43 Å². The third kappa shape index (κ3) is 3.32. The minimum atomic E-state index is -2.61. The van der Waals surface area contributed by atoms with Crippen molar-refractivity contribution in [3.8, 4) is 28.5 Å². The van der Waals surface area contributed by atoms with Gasteiger partial charge >= 0.3 is 0 Å². The van der Waals surface area contributed by atoms with E-state index >= 15 is 0 Å². The Balaban J connectivity index is 1.95. The van der Waals surface area contributed by atoms with Gasteiger partial charge in [0.05, 0.1) is 13.3 Å². The highest BCUT2D eigenvalue weighted by atomic mass is 19.3. The summed E-state index contributed by atoms with van der Waals surface area (Å²) in [6.07, 6.45) is 0.232. The summed E-state index contributed by atoms with van der Waals surface area (Å²) in [6.45, 7) is 0. The number of benzene rings is 1. The highest BCUT2D eigenvalue weighted by molar-refractivity contribution is 5.74. The average molecular weight is 328 g/mol. The molecule has 0 bridgehead atoms. The molecule has 4 nitrogen and oxygen atoms in total. The molecule has 0 saturated heterocycles. The van der Waals surface area contributed by atoms with Crippen LogP contribution in [0.4, 0.5) is 8.78 Å². The van der Waals surface area contributed by atoms with Crippen molar-refractivity contribution >= 4 is 0 Å². The van der Waals surface area contributed by atoms with E-state index in [1.807, 2.05) is 30.3 Å². The average Bonchev–Trinajstić information content (AvgIpc) is 2.62. The van der Waals surface area contributed by atoms with Gasteiger partial charge in [-0.25, -0.2) is 13.8 Å². The van der Waals surface area contributed by atoms with Gasteiger partial charge in [-0.2, -0.15) is 0 Å². The van der Waals surface area contributed by atoms with Gasteiger partial charge in [0.15, 0.2) is 0 Å². The van der Waals surface area contributed by atoms with Gasteiger partial charge in [0.2, 0.25) is 5.88 Å². The van der Waals surface area contributed by atoms with Crippen molar-refractivity contribution in [3.05, 3.63) is 66.6 Å². The molecule has 0 aliphatic heterocycles. The van der Waals surface area contributed by atoms with Crippen LogP contribution in [0.3, 0.4) is 0 Å². The van der Waals surface area contributed by atoms with Crippen LogP contribution in [-0.4, -0.2) is 17.1 Å². The number of nitrogens with zero attached hydrogens (tertiary/aromatic N) is 2. The molecule has 0 aliphatic rings. The number of methoxy groups -OCH3 is 1. The molecule has 3 aromatic rings. The number of alkyl halides is 2. The highest BCUT2D eigenvalue weighted by Gasteiger charge is 2.13. The van der Waals surface area contributed by atoms with E-state index in [-0.39, 0.29) is 5.69 Å². The van der Waals surface area contributed by atoms with Crippen LogP contribution in [0.25, 0.3) is 11.1 Å². The topological polar surface area (TPSA) is 44.2 Å². The van der Waals surface area contributed by atoms with Crippen molar-refractivity contribution in [3.63, 3.8) is 0 Å². The summed E-state index contributed by atoms with van der Waals surface area (Å²) in [7, 11) is 1.59. The van der Waals surface area contributed by atoms with E-state index in [1.54, 1.807) is 19.4 Å². The lowest BCUT2D eigenvalue weighted by Crippen LogP contribution is -1.95. The fourth-order valence-electron chi connectivity index (χ4n) is 2.24. The number of para-hydroxylation sites is 1. The zero-order valence-corrected chi connectivity index (χ0v) is 12.8. The van der Waals surface area contributed by atoms with E-state index in [9.17, 15) is 8.78 Å². The Kier molecular flexibility index (Phi) is 4.65. The molecule has 0 atom stereocenters. The van der Waals surface area contributed by atoms with Crippen LogP contribution in [0.2, 0.25) is 0 Å². The molecule has 3 rings (SSSR count). The van der Waals surface area contributed by atoms with Gasteiger partial charge in [-0.1, -0.05) is 18.2 Å². The van der Waals surface area contributed by atoms with Crippen molar-refractivity contribution in [2.24, 2.45) is 0 Å². The first-order valence-electron chi connectivity index (χ1n) is 7.19. The number of hydrogen-bond donors (Lipinski definition) is 0. The highest BCUT2D eigenvalue weighted by Crippen LogP contribution is 2.36. The third-order valence-electron chi connectivity index (χ3n) is 3.37. The van der Waals surface area contributed by atoms with Gasteiger partial charge in [0, 0.05) is 17.3 Å². The van der Waals surface area contributed by atoms with Crippen LogP contribution in [-0.2, 0) is 0 Å². The zero-order valence-electron chi connectivity index (χ0n) is 12.8. The third-order valence-corrected chi connectivity index (χ3v) is 3.37. The fourth-order valence-corrected chi connectivity index (χ4v) is 2.24. The smallest absolute Gasteiger partial charge is 0.280 e. The summed E-state index contributed by atoms with van der Waals surface area (Å²) < 4.78 is 36.2. The summed E-state index contributed by atoms with van der Waals surface area (Å²) in [5.74, 6) is 1.35. The molecule has 2 heterocycles. The van der Waals surface area contributed by atoms with E-state index in [4.69, 9.17) is 9.47 Å². The Morgan fingerprint density at radius 3 is 2.42 bits per heavy atom. The predicted molar refractivity (Wildman–Crippen MR) is 85.5 cm³/mol. The first-order valence-corrected chi connectivity index (χ1v) is 7.19. The molecular weight excluding hydrogens is 314 g/mol. The first-order chi connectivity index (χ1) is 11.7. The van der Waals surface area contributed by atoms with Crippen LogP contribution < -0.4 is 9.47 Å². The van der Waals surface area contributed by atoms with Crippen LogP contribution in [0.5, 0.6) is 17.4 Å². The van der Waals surface area contributed by atoms with Crippen molar-refractivity contribution in [1.82, 2.24) is 9.97 Å². The number of aromatic nitrogens is 2. The Bertz CT molecular complexity index is 823. The number of halogens is 2. The molecule has 0 aliphatic carbocycles. The van der Waals surface area contributed by atoms with Crippen LogP contribution in [0.1, 0.15) is 12.1 Å². The number of ether oxygens (including phenoxy) is 2. The molecule has 0 spiro atoms. The van der Waals surface area contributed by atoms with Gasteiger partial charge in [-0.15, -0.1) is 0 Å². The number of pyridine rings is 2. The van der Waals surface area contributed by atoms with Gasteiger partial charge in [0.25, 0.3) is 6.43 Å². The fraction of sp³-hybridized carbons (Fsp3) is 0.111. The monoisotopic (exact) mass is 328 g/mol. The Morgan fingerprint density at radius 2 is 1.71 bits per heavy atom. The normalized spacial score (nSPS) is 10.7. The lowest BCUT2D eigenvalue weighted by molar-refractivity contribution is 0.146. The molecule has 0 amide bonds. The molecule has 2 aromatic heterocycles. The van der Waals surface area contributed by atoms with E-state index in [0.29, 0.717) is 17.4 Å². The first kappa shape index (κ1) is 15.9. The van der Waals surface area contributed by atoms with Gasteiger partial charge in [-0.05, 0) is 30.3 Å². The summed E-state index contributed by atoms with van der Waals surface area (Å²) in [6, 6.07) is 13.8. The van der Waals surface area contributed by atoms with E-state index in [1.165, 1.54) is 18.3 Å². The minimum absolute atomic E-state index is 0.298. The Hall–Kier alpha value is -3.02. The minimum Gasteiger partial charge on any atom is -0.496 e. The summed E-state index contributed by atoms with van der Waals surface area (Å²) >= 11 is 0. The van der Waals surface area contributed by atoms with Gasteiger partial charge < -0.3 is 9.47 Å². The van der Waals surface area contributed by atoms with Crippen molar-refractivity contribution in [1.29, 1.82) is 0 Å². The SMILES string of the molecule is COc1ccccc1-c1cccnc1Oc1ccc(C(F)F)nc1. The lowest BCUT2D eigenvalue weighted by atomic mass is 10.1. The molecular formula is C18H14F2N2O2. The predicted octanol–water partition coefficient (Wildman–Crippen LogP) is 4.88. The molecule has 0 radical (unpaired) electrons. The second-order valence-corrected chi connectivity index (χ2v) is 4.88. The van der Waals surface area contributed by atoms with E-state index in [0.717, 1.165) is 11.1 Å². The summed E-state index contributed by atoms with van der Waals surface area (Å²) in [4.78, 5) is 7.91. The summed E-state index contributed by atoms with van der Waals surface area (Å²) in [5, 5.41) is 0. The molecule has 24 heavy (non-hydrogen) atoms. The molecule has 0 N–H and O–H groups in total. The maximum atomic E-state index is 12.6. The molecule has 0 fully saturated rings. The zero-order chi connectivity index (χ0) is 16.9. The van der Waals surface area contributed by atoms with Gasteiger partial charge in [0.1, 0.15) is 17.2 Å². The molecule has 0 saturated carbocycles. The van der Waals surface area contributed by atoms with E-state index in [2.05, 4.69) is 9.97 Å². The van der Waals surface area contributed by atoms with Gasteiger partial charge in [-0.3, -0.25) is 4.98 Å². The maximum Gasteiger partial charge on any atom is 0.280 e. The summed E-state index contributed by atoms with van der Waals surface area (Å²) in [5.41, 5.74) is 1.25. The number of rotatable bonds is 5. The molecule has 1 aromatic carbocycles. The Morgan fingerprint density at radius 1 is 0.917 bits per heavy atom. The largest absolute Gasteiger partial charge is 0.496 e. The molecule has 122 valence electrons.